The van der Waals surface area contributed by atoms with Crippen LogP contribution >= 0.6 is 23.2 Å². The number of aromatic nitrogens is 2. The normalized spacial score (nSPS) is 10.7. The van der Waals surface area contributed by atoms with E-state index in [1.807, 2.05) is 0 Å². The number of rotatable bonds is 4. The maximum atomic E-state index is 14.1. The lowest BCUT2D eigenvalue weighted by Gasteiger charge is -2.03. The van der Waals surface area contributed by atoms with Crippen molar-refractivity contribution in [2.24, 2.45) is 0 Å². The molecule has 0 unspecified atom stereocenters. The molecule has 0 spiro atoms. The van der Waals surface area contributed by atoms with Crippen LogP contribution in [0.1, 0.15) is 16.1 Å². The number of ketones is 1. The topological polar surface area (TPSA) is 34.9 Å². The monoisotopic (exact) mass is 348 g/mol. The van der Waals surface area contributed by atoms with Gasteiger partial charge in [-0.05, 0) is 24.3 Å². The first kappa shape index (κ1) is 15.7. The summed E-state index contributed by atoms with van der Waals surface area (Å²) in [5.41, 5.74) is 0.945. The lowest BCUT2D eigenvalue weighted by Crippen LogP contribution is -2.06. The van der Waals surface area contributed by atoms with Gasteiger partial charge in [0.15, 0.2) is 11.6 Å². The summed E-state index contributed by atoms with van der Waals surface area (Å²) < 4.78 is 15.4. The third-order valence-electron chi connectivity index (χ3n) is 3.34. The second kappa shape index (κ2) is 6.52. The fourth-order valence-electron chi connectivity index (χ4n) is 2.20. The molecule has 23 heavy (non-hydrogen) atoms. The van der Waals surface area contributed by atoms with Crippen molar-refractivity contribution in [3.05, 3.63) is 81.8 Å². The van der Waals surface area contributed by atoms with E-state index >= 15 is 0 Å². The van der Waals surface area contributed by atoms with Gasteiger partial charge in [-0.3, -0.25) is 4.79 Å². The Hall–Kier alpha value is -2.17. The predicted octanol–water partition coefficient (Wildman–Crippen LogP) is 4.74. The molecule has 3 aromatic rings. The number of nitrogens with zero attached hydrogens (tertiary/aromatic N) is 2. The van der Waals surface area contributed by atoms with Gasteiger partial charge >= 0.3 is 0 Å². The van der Waals surface area contributed by atoms with Crippen LogP contribution in [-0.4, -0.2) is 15.6 Å². The standard InChI is InChI=1S/C17H11Cl2FN2O/c18-12-6-2-1-5-11(12)17(23)9-15-14(20)10-22(21-15)16-8-4-3-7-13(16)19/h1-8,10H,9H2. The van der Waals surface area contributed by atoms with Gasteiger partial charge in [-0.25, -0.2) is 9.07 Å². The van der Waals surface area contributed by atoms with Gasteiger partial charge in [-0.15, -0.1) is 0 Å². The van der Waals surface area contributed by atoms with Crippen LogP contribution in [-0.2, 0) is 6.42 Å². The Kier molecular flexibility index (Phi) is 4.46. The Morgan fingerprint density at radius 3 is 2.39 bits per heavy atom. The number of halogens is 3. The lowest BCUT2D eigenvalue weighted by molar-refractivity contribution is 0.0991. The molecule has 0 aliphatic heterocycles. The van der Waals surface area contributed by atoms with Crippen LogP contribution in [0.25, 0.3) is 5.69 Å². The molecule has 0 bridgehead atoms. The molecule has 6 heteroatoms. The number of hydrogen-bond acceptors (Lipinski definition) is 2. The van der Waals surface area contributed by atoms with Crippen LogP contribution < -0.4 is 0 Å². The van der Waals surface area contributed by atoms with Crippen molar-refractivity contribution in [3.8, 4) is 5.69 Å². The molecule has 0 fully saturated rings. The van der Waals surface area contributed by atoms with Gasteiger partial charge in [-0.2, -0.15) is 5.10 Å². The molecule has 1 heterocycles. The second-order valence-electron chi connectivity index (χ2n) is 4.90. The van der Waals surface area contributed by atoms with E-state index in [0.717, 1.165) is 0 Å². The highest BCUT2D eigenvalue weighted by molar-refractivity contribution is 6.34. The summed E-state index contributed by atoms with van der Waals surface area (Å²) in [6.07, 6.45) is 1.03. The van der Waals surface area contributed by atoms with Crippen molar-refractivity contribution in [1.82, 2.24) is 9.78 Å². The molecule has 2 aromatic carbocycles. The first-order valence-electron chi connectivity index (χ1n) is 6.83. The van der Waals surface area contributed by atoms with E-state index in [1.165, 1.54) is 10.9 Å². The number of carbonyl (C=O) groups excluding carboxylic acids is 1. The van der Waals surface area contributed by atoms with Gasteiger partial charge in [0.25, 0.3) is 0 Å². The lowest BCUT2D eigenvalue weighted by atomic mass is 10.1. The zero-order valence-electron chi connectivity index (χ0n) is 11.8. The Labute approximate surface area is 142 Å². The highest BCUT2D eigenvalue weighted by Gasteiger charge is 2.17. The Balaban J connectivity index is 1.89. The molecule has 0 amide bonds. The van der Waals surface area contributed by atoms with Gasteiger partial charge in [-0.1, -0.05) is 47.5 Å². The summed E-state index contributed by atoms with van der Waals surface area (Å²) in [6, 6.07) is 13.6. The summed E-state index contributed by atoms with van der Waals surface area (Å²) in [5, 5.41) is 4.91. The van der Waals surface area contributed by atoms with Crippen molar-refractivity contribution in [1.29, 1.82) is 0 Å². The summed E-state index contributed by atoms with van der Waals surface area (Å²) in [7, 11) is 0. The molecule has 1 aromatic heterocycles. The van der Waals surface area contributed by atoms with E-state index < -0.39 is 5.82 Å². The molecule has 3 rings (SSSR count). The summed E-state index contributed by atoms with van der Waals surface area (Å²) in [5.74, 6) is -0.857. The number of para-hydroxylation sites is 1. The van der Waals surface area contributed by atoms with Crippen molar-refractivity contribution in [3.63, 3.8) is 0 Å². The summed E-state index contributed by atoms with van der Waals surface area (Å²) >= 11 is 12.1. The predicted molar refractivity (Wildman–Crippen MR) is 88.0 cm³/mol. The van der Waals surface area contributed by atoms with E-state index in [1.54, 1.807) is 48.5 Å². The molecule has 0 atom stereocenters. The quantitative estimate of drug-likeness (QED) is 0.638. The van der Waals surface area contributed by atoms with E-state index in [-0.39, 0.29) is 17.9 Å². The molecule has 3 nitrogen and oxygen atoms in total. The van der Waals surface area contributed by atoms with E-state index in [4.69, 9.17) is 23.2 Å². The Morgan fingerprint density at radius 2 is 1.70 bits per heavy atom. The highest BCUT2D eigenvalue weighted by atomic mass is 35.5. The fraction of sp³-hybridized carbons (Fsp3) is 0.0588. The number of carbonyl (C=O) groups is 1. The number of benzene rings is 2. The van der Waals surface area contributed by atoms with Gasteiger partial charge in [0, 0.05) is 5.56 Å². The molecule has 116 valence electrons. The largest absolute Gasteiger partial charge is 0.294 e. The minimum atomic E-state index is -0.565. The van der Waals surface area contributed by atoms with Gasteiger partial charge in [0.05, 0.1) is 28.4 Å². The zero-order valence-corrected chi connectivity index (χ0v) is 13.4. The zero-order chi connectivity index (χ0) is 16.4. The van der Waals surface area contributed by atoms with Crippen molar-refractivity contribution < 1.29 is 9.18 Å². The van der Waals surface area contributed by atoms with Gasteiger partial charge < -0.3 is 0 Å². The molecule has 0 saturated heterocycles. The van der Waals surface area contributed by atoms with Crippen LogP contribution in [0.5, 0.6) is 0 Å². The third kappa shape index (κ3) is 3.28. The van der Waals surface area contributed by atoms with E-state index in [9.17, 15) is 9.18 Å². The maximum Gasteiger partial charge on any atom is 0.170 e. The SMILES string of the molecule is O=C(Cc1nn(-c2ccccc2Cl)cc1F)c1ccccc1Cl. The average molecular weight is 349 g/mol. The van der Waals surface area contributed by atoms with Crippen molar-refractivity contribution in [2.45, 2.75) is 6.42 Å². The molecular weight excluding hydrogens is 338 g/mol. The van der Waals surface area contributed by atoms with Gasteiger partial charge in [0.2, 0.25) is 0 Å². The smallest absolute Gasteiger partial charge is 0.170 e. The summed E-state index contributed by atoms with van der Waals surface area (Å²) in [4.78, 5) is 12.3. The van der Waals surface area contributed by atoms with Crippen LogP contribution in [0.15, 0.2) is 54.7 Å². The minimum absolute atomic E-state index is 0.0508. The highest BCUT2D eigenvalue weighted by Crippen LogP contribution is 2.22. The van der Waals surface area contributed by atoms with Crippen molar-refractivity contribution in [2.75, 3.05) is 0 Å². The fourth-order valence-corrected chi connectivity index (χ4v) is 2.67. The third-order valence-corrected chi connectivity index (χ3v) is 3.99. The maximum absolute atomic E-state index is 14.1. The molecule has 0 radical (unpaired) electrons. The number of Topliss-reactive ketones (excluding diaryl/α,β-unsaturated/α-hetero) is 1. The molecule has 0 aliphatic carbocycles. The van der Waals surface area contributed by atoms with Crippen LogP contribution in [0.4, 0.5) is 4.39 Å². The van der Waals surface area contributed by atoms with Crippen LogP contribution in [0, 0.1) is 5.82 Å². The average Bonchev–Trinajstić information content (AvgIpc) is 2.89. The van der Waals surface area contributed by atoms with E-state index in [0.29, 0.717) is 21.3 Å². The molecule has 0 aliphatic rings. The Bertz CT molecular complexity index is 877. The van der Waals surface area contributed by atoms with Crippen LogP contribution in [0.2, 0.25) is 10.0 Å². The minimum Gasteiger partial charge on any atom is -0.294 e. The molecule has 0 saturated carbocycles. The first-order chi connectivity index (χ1) is 11.1. The first-order valence-corrected chi connectivity index (χ1v) is 7.58. The molecular formula is C17H11Cl2FN2O. The summed E-state index contributed by atoms with van der Waals surface area (Å²) in [6.45, 7) is 0. The van der Waals surface area contributed by atoms with Crippen LogP contribution in [0.3, 0.4) is 0 Å². The number of hydrogen-bond donors (Lipinski definition) is 0. The Morgan fingerprint density at radius 1 is 1.04 bits per heavy atom. The van der Waals surface area contributed by atoms with Gasteiger partial charge in [0.1, 0.15) is 5.69 Å². The van der Waals surface area contributed by atoms with Crippen molar-refractivity contribution >= 4 is 29.0 Å². The second-order valence-corrected chi connectivity index (χ2v) is 5.71. The molecule has 0 N–H and O–H groups in total. The van der Waals surface area contributed by atoms with E-state index in [2.05, 4.69) is 5.10 Å².